The fourth-order valence-corrected chi connectivity index (χ4v) is 5.34. The number of aromatic nitrogens is 3. The summed E-state index contributed by atoms with van der Waals surface area (Å²) >= 11 is 1.35. The predicted molar refractivity (Wildman–Crippen MR) is 109 cm³/mol. The number of benzene rings is 1. The fourth-order valence-electron chi connectivity index (χ4n) is 3.32. The van der Waals surface area contributed by atoms with Crippen LogP contribution in [0.1, 0.15) is 21.7 Å². The van der Waals surface area contributed by atoms with E-state index in [1.54, 1.807) is 41.4 Å². The molecule has 1 amide bonds. The second-order valence-corrected chi connectivity index (χ2v) is 9.72. The summed E-state index contributed by atoms with van der Waals surface area (Å²) in [5.41, 5.74) is 3.80. The number of sulfonamides is 1. The van der Waals surface area contributed by atoms with E-state index in [1.807, 2.05) is 17.7 Å². The number of hydrogen-bond acceptors (Lipinski definition) is 6. The first-order valence-corrected chi connectivity index (χ1v) is 11.6. The minimum absolute atomic E-state index is 0.126. The molecule has 29 heavy (non-hydrogen) atoms. The molecule has 3 aromatic rings. The molecule has 0 saturated heterocycles. The van der Waals surface area contributed by atoms with Gasteiger partial charge >= 0.3 is 0 Å². The molecule has 0 unspecified atom stereocenters. The highest BCUT2D eigenvalue weighted by Gasteiger charge is 2.31. The van der Waals surface area contributed by atoms with Crippen molar-refractivity contribution in [3.8, 4) is 0 Å². The van der Waals surface area contributed by atoms with Gasteiger partial charge in [0.05, 0.1) is 22.6 Å². The van der Waals surface area contributed by atoms with E-state index in [0.29, 0.717) is 18.8 Å². The van der Waals surface area contributed by atoms with Gasteiger partial charge in [-0.05, 0) is 25.1 Å². The van der Waals surface area contributed by atoms with E-state index in [-0.39, 0.29) is 29.8 Å². The molecular formula is C19H21N5O3S2. The number of aryl methyl sites for hydroxylation is 1. The molecule has 0 bridgehead atoms. The summed E-state index contributed by atoms with van der Waals surface area (Å²) in [6.07, 6.45) is 1.67. The van der Waals surface area contributed by atoms with E-state index in [1.165, 1.54) is 15.6 Å². The zero-order valence-corrected chi connectivity index (χ0v) is 17.5. The van der Waals surface area contributed by atoms with Gasteiger partial charge in [0.25, 0.3) is 5.91 Å². The normalized spacial score (nSPS) is 17.5. The lowest BCUT2D eigenvalue weighted by Crippen LogP contribution is -2.39. The quantitative estimate of drug-likeness (QED) is 0.665. The van der Waals surface area contributed by atoms with Gasteiger partial charge in [-0.2, -0.15) is 9.40 Å². The third-order valence-corrected chi connectivity index (χ3v) is 7.32. The smallest absolute Gasteiger partial charge is 0.270 e. The van der Waals surface area contributed by atoms with Crippen LogP contribution in [0.5, 0.6) is 0 Å². The summed E-state index contributed by atoms with van der Waals surface area (Å²) in [4.78, 5) is 16.5. The summed E-state index contributed by atoms with van der Waals surface area (Å²) in [5, 5.41) is 8.87. The summed E-state index contributed by atoms with van der Waals surface area (Å²) in [6.45, 7) is 3.31. The molecule has 1 N–H and O–H groups in total. The van der Waals surface area contributed by atoms with E-state index in [9.17, 15) is 13.2 Å². The van der Waals surface area contributed by atoms with Gasteiger partial charge in [0.15, 0.2) is 0 Å². The van der Waals surface area contributed by atoms with Crippen molar-refractivity contribution in [3.63, 3.8) is 0 Å². The third kappa shape index (κ3) is 4.24. The second-order valence-electron chi connectivity index (χ2n) is 7.07. The van der Waals surface area contributed by atoms with Gasteiger partial charge in [0.2, 0.25) is 10.0 Å². The van der Waals surface area contributed by atoms with Crippen molar-refractivity contribution in [1.82, 2.24) is 24.4 Å². The minimum Gasteiger partial charge on any atom is -0.350 e. The molecule has 1 atom stereocenters. The Morgan fingerprint density at radius 3 is 2.76 bits per heavy atom. The highest BCUT2D eigenvalue weighted by atomic mass is 32.2. The van der Waals surface area contributed by atoms with Crippen molar-refractivity contribution in [2.24, 2.45) is 5.92 Å². The first-order chi connectivity index (χ1) is 13.9. The van der Waals surface area contributed by atoms with Gasteiger partial charge in [0.1, 0.15) is 5.69 Å². The van der Waals surface area contributed by atoms with Crippen LogP contribution in [0.25, 0.3) is 0 Å². The molecule has 3 heterocycles. The van der Waals surface area contributed by atoms with E-state index in [0.717, 1.165) is 11.3 Å². The highest BCUT2D eigenvalue weighted by molar-refractivity contribution is 7.89. The van der Waals surface area contributed by atoms with Gasteiger partial charge in [-0.3, -0.25) is 9.48 Å². The molecule has 1 aromatic carbocycles. The standard InChI is InChI=1S/C19H21N5O3S2/c1-14-2-4-17(5-3-14)29(26,27)23-9-15(10-24-16(11-23)6-7-22-24)8-20-19(25)18-12-28-13-21-18/h2-7,12-13,15H,8-11H2,1H3,(H,20,25)/t15-/m0/s1. The maximum atomic E-state index is 13.3. The Morgan fingerprint density at radius 1 is 1.24 bits per heavy atom. The average Bonchev–Trinajstić information content (AvgIpc) is 3.35. The second kappa shape index (κ2) is 8.05. The van der Waals surface area contributed by atoms with Crippen molar-refractivity contribution in [2.75, 3.05) is 13.1 Å². The summed E-state index contributed by atoms with van der Waals surface area (Å²) in [5.74, 6) is -0.386. The average molecular weight is 432 g/mol. The number of nitrogens with one attached hydrogen (secondary N) is 1. The van der Waals surface area contributed by atoms with Gasteiger partial charge in [-0.1, -0.05) is 17.7 Å². The molecule has 152 valence electrons. The molecule has 1 aliphatic heterocycles. The van der Waals surface area contributed by atoms with E-state index < -0.39 is 10.0 Å². The van der Waals surface area contributed by atoms with Crippen LogP contribution < -0.4 is 5.32 Å². The molecule has 0 aliphatic carbocycles. The van der Waals surface area contributed by atoms with Gasteiger partial charge in [0, 0.05) is 37.1 Å². The number of carbonyl (C=O) groups excluding carboxylic acids is 1. The van der Waals surface area contributed by atoms with Gasteiger partial charge in [-0.25, -0.2) is 13.4 Å². The number of amides is 1. The Labute approximate surface area is 173 Å². The number of hydrogen-bond donors (Lipinski definition) is 1. The highest BCUT2D eigenvalue weighted by Crippen LogP contribution is 2.23. The molecule has 4 rings (SSSR count). The lowest BCUT2D eigenvalue weighted by atomic mass is 10.1. The van der Waals surface area contributed by atoms with Crippen LogP contribution in [0.2, 0.25) is 0 Å². The molecular weight excluding hydrogens is 410 g/mol. The summed E-state index contributed by atoms with van der Waals surface area (Å²) in [7, 11) is -3.67. The molecule has 10 heteroatoms. The molecule has 0 spiro atoms. The van der Waals surface area contributed by atoms with Crippen LogP contribution >= 0.6 is 11.3 Å². The van der Waals surface area contributed by atoms with Crippen LogP contribution in [-0.4, -0.2) is 46.5 Å². The zero-order valence-electron chi connectivity index (χ0n) is 15.9. The summed E-state index contributed by atoms with van der Waals surface area (Å²) < 4.78 is 29.8. The number of fused-ring (bicyclic) bond motifs is 1. The Hall–Kier alpha value is -2.56. The number of rotatable bonds is 5. The first kappa shape index (κ1) is 19.7. The zero-order chi connectivity index (χ0) is 20.4. The third-order valence-electron chi connectivity index (χ3n) is 4.91. The van der Waals surface area contributed by atoms with Crippen LogP contribution in [0, 0.1) is 12.8 Å². The van der Waals surface area contributed by atoms with E-state index >= 15 is 0 Å². The lowest BCUT2D eigenvalue weighted by molar-refractivity contribution is 0.0940. The fraction of sp³-hybridized carbons (Fsp3) is 0.316. The largest absolute Gasteiger partial charge is 0.350 e. The van der Waals surface area contributed by atoms with Crippen molar-refractivity contribution in [3.05, 3.63) is 64.4 Å². The van der Waals surface area contributed by atoms with Crippen molar-refractivity contribution in [2.45, 2.75) is 24.9 Å². The topological polar surface area (TPSA) is 97.2 Å². The van der Waals surface area contributed by atoms with Crippen molar-refractivity contribution >= 4 is 27.3 Å². The van der Waals surface area contributed by atoms with Crippen molar-refractivity contribution in [1.29, 1.82) is 0 Å². The Kier molecular flexibility index (Phi) is 5.48. The number of carbonyl (C=O) groups is 1. The maximum absolute atomic E-state index is 13.3. The van der Waals surface area contributed by atoms with E-state index in [2.05, 4.69) is 15.4 Å². The maximum Gasteiger partial charge on any atom is 0.270 e. The molecule has 1 aliphatic rings. The molecule has 2 aromatic heterocycles. The van der Waals surface area contributed by atoms with Crippen LogP contribution in [0.3, 0.4) is 0 Å². The van der Waals surface area contributed by atoms with Crippen molar-refractivity contribution < 1.29 is 13.2 Å². The summed E-state index contributed by atoms with van der Waals surface area (Å²) in [6, 6.07) is 8.67. The predicted octanol–water partition coefficient (Wildman–Crippen LogP) is 1.90. The first-order valence-electron chi connectivity index (χ1n) is 9.17. The molecule has 8 nitrogen and oxygen atoms in total. The van der Waals surface area contributed by atoms with Gasteiger partial charge in [-0.15, -0.1) is 11.3 Å². The lowest BCUT2D eigenvalue weighted by Gasteiger charge is -2.24. The Balaban J connectivity index is 1.56. The molecule has 0 saturated carbocycles. The molecule has 0 radical (unpaired) electrons. The Morgan fingerprint density at radius 2 is 2.03 bits per heavy atom. The number of thiazole rings is 1. The molecule has 0 fully saturated rings. The SMILES string of the molecule is Cc1ccc(S(=O)(=O)N2Cc3ccnn3C[C@@H](CNC(=O)c3cscn3)C2)cc1. The van der Waals surface area contributed by atoms with E-state index in [4.69, 9.17) is 0 Å². The van der Waals surface area contributed by atoms with Crippen LogP contribution in [0.15, 0.2) is 52.3 Å². The minimum atomic E-state index is -3.67. The monoisotopic (exact) mass is 431 g/mol. The van der Waals surface area contributed by atoms with Crippen LogP contribution in [-0.2, 0) is 23.1 Å². The Bertz CT molecular complexity index is 1090. The van der Waals surface area contributed by atoms with Crippen LogP contribution in [0.4, 0.5) is 0 Å². The number of nitrogens with zero attached hydrogens (tertiary/aromatic N) is 4. The van der Waals surface area contributed by atoms with Gasteiger partial charge < -0.3 is 5.32 Å².